The monoisotopic (exact) mass is 431 g/mol. The molecule has 2 amide bonds. The van der Waals surface area contributed by atoms with Gasteiger partial charge in [-0.1, -0.05) is 49.4 Å². The lowest BCUT2D eigenvalue weighted by Gasteiger charge is -2.23. The predicted molar refractivity (Wildman–Crippen MR) is 128 cm³/mol. The van der Waals surface area contributed by atoms with Crippen LogP contribution >= 0.6 is 11.8 Å². The highest BCUT2D eigenvalue weighted by Gasteiger charge is 2.24. The molecule has 31 heavy (non-hydrogen) atoms. The van der Waals surface area contributed by atoms with E-state index in [1.807, 2.05) is 77.3 Å². The molecule has 0 spiro atoms. The zero-order chi connectivity index (χ0) is 21.6. The van der Waals surface area contributed by atoms with Crippen LogP contribution in [0.2, 0.25) is 0 Å². The molecule has 0 radical (unpaired) electrons. The molecule has 0 aromatic heterocycles. The van der Waals surface area contributed by atoms with Crippen LogP contribution < -0.4 is 15.5 Å². The Morgan fingerprint density at radius 2 is 1.61 bits per heavy atom. The van der Waals surface area contributed by atoms with Crippen LogP contribution in [0.15, 0.2) is 83.8 Å². The molecule has 0 unspecified atom stereocenters. The van der Waals surface area contributed by atoms with Crippen LogP contribution in [0.5, 0.6) is 0 Å². The van der Waals surface area contributed by atoms with Crippen molar-refractivity contribution in [3.8, 4) is 0 Å². The Kier molecular flexibility index (Phi) is 6.57. The molecule has 4 rings (SSSR count). The van der Waals surface area contributed by atoms with Gasteiger partial charge in [-0.15, -0.1) is 11.8 Å². The normalized spacial score (nSPS) is 15.5. The highest BCUT2D eigenvalue weighted by atomic mass is 32.2. The number of nitrogens with zero attached hydrogens (tertiary/aromatic N) is 1. The molecule has 0 saturated carbocycles. The molecule has 0 saturated heterocycles. The Morgan fingerprint density at radius 3 is 2.42 bits per heavy atom. The van der Waals surface area contributed by atoms with Gasteiger partial charge in [0.1, 0.15) is 0 Å². The van der Waals surface area contributed by atoms with Crippen molar-refractivity contribution in [1.29, 1.82) is 0 Å². The minimum absolute atomic E-state index is 0.00587. The molecule has 5 nitrogen and oxygen atoms in total. The number of hydrogen-bond donors (Lipinski definition) is 2. The number of carbonyl (C=O) groups is 2. The molecule has 158 valence electrons. The molecule has 1 aliphatic rings. The van der Waals surface area contributed by atoms with Crippen molar-refractivity contribution in [2.75, 3.05) is 28.6 Å². The molecule has 3 aromatic rings. The van der Waals surface area contributed by atoms with Crippen molar-refractivity contribution in [2.24, 2.45) is 0 Å². The number of rotatable bonds is 5. The lowest BCUT2D eigenvalue weighted by molar-refractivity contribution is -0.117. The van der Waals surface area contributed by atoms with E-state index in [1.165, 1.54) is 0 Å². The van der Waals surface area contributed by atoms with E-state index in [-0.39, 0.29) is 18.4 Å². The van der Waals surface area contributed by atoms with Crippen molar-refractivity contribution < 1.29 is 9.59 Å². The Hall–Kier alpha value is -3.25. The van der Waals surface area contributed by atoms with Crippen molar-refractivity contribution in [3.05, 3.63) is 84.4 Å². The van der Waals surface area contributed by atoms with Gasteiger partial charge in [0.2, 0.25) is 5.91 Å². The van der Waals surface area contributed by atoms with E-state index in [0.29, 0.717) is 28.7 Å². The molecule has 0 fully saturated rings. The van der Waals surface area contributed by atoms with E-state index in [0.717, 1.165) is 17.0 Å². The number of benzene rings is 3. The van der Waals surface area contributed by atoms with Gasteiger partial charge in [-0.25, -0.2) is 0 Å². The summed E-state index contributed by atoms with van der Waals surface area (Å²) in [4.78, 5) is 28.7. The van der Waals surface area contributed by atoms with E-state index in [9.17, 15) is 9.59 Å². The summed E-state index contributed by atoms with van der Waals surface area (Å²) in [7, 11) is 0. The summed E-state index contributed by atoms with van der Waals surface area (Å²) in [6.45, 7) is 3.03. The number of thioether (sulfide) groups is 1. The summed E-state index contributed by atoms with van der Waals surface area (Å²) in [5.74, 6) is -0.181. The molecular weight excluding hydrogens is 406 g/mol. The number of fused-ring (bicyclic) bond motifs is 1. The van der Waals surface area contributed by atoms with Gasteiger partial charge in [-0.05, 0) is 42.8 Å². The SMILES string of the molecule is C[C@H]1CCN(C(=O)CNc2ccccc2NC(=O)c2ccccc2)c2ccccc2S1. The third kappa shape index (κ3) is 5.09. The van der Waals surface area contributed by atoms with Gasteiger partial charge in [0.05, 0.1) is 23.6 Å². The maximum absolute atomic E-state index is 13.1. The van der Waals surface area contributed by atoms with E-state index in [2.05, 4.69) is 23.6 Å². The Morgan fingerprint density at radius 1 is 0.935 bits per heavy atom. The second-order valence-corrected chi connectivity index (χ2v) is 8.93. The number of carbonyl (C=O) groups excluding carboxylic acids is 2. The Labute approximate surface area is 186 Å². The summed E-state index contributed by atoms with van der Waals surface area (Å²) in [6, 6.07) is 24.6. The molecule has 3 aromatic carbocycles. The van der Waals surface area contributed by atoms with Gasteiger partial charge in [0.25, 0.3) is 5.91 Å². The molecule has 0 aliphatic carbocycles. The van der Waals surface area contributed by atoms with E-state index in [1.54, 1.807) is 12.1 Å². The Bertz CT molecular complexity index is 1070. The summed E-state index contributed by atoms with van der Waals surface area (Å²) < 4.78 is 0. The number of nitrogens with one attached hydrogen (secondary N) is 2. The van der Waals surface area contributed by atoms with Gasteiger partial charge in [0, 0.05) is 22.3 Å². The summed E-state index contributed by atoms with van der Waals surface area (Å²) in [5.41, 5.74) is 2.91. The van der Waals surface area contributed by atoms with E-state index in [4.69, 9.17) is 0 Å². The van der Waals surface area contributed by atoms with Crippen molar-refractivity contribution in [1.82, 2.24) is 0 Å². The molecule has 6 heteroatoms. The quantitative estimate of drug-likeness (QED) is 0.578. The number of anilines is 3. The summed E-state index contributed by atoms with van der Waals surface area (Å²) in [6.07, 6.45) is 0.939. The summed E-state index contributed by atoms with van der Waals surface area (Å²) >= 11 is 1.81. The van der Waals surface area contributed by atoms with Gasteiger partial charge in [-0.3, -0.25) is 9.59 Å². The standard InChI is InChI=1S/C25H25N3O2S/c1-18-15-16-28(22-13-7-8-14-23(22)31-18)24(29)17-26-20-11-5-6-12-21(20)27-25(30)19-9-3-2-4-10-19/h2-14,18,26H,15-17H2,1H3,(H,27,30)/t18-/m0/s1. The molecule has 0 bridgehead atoms. The van der Waals surface area contributed by atoms with Crippen LogP contribution in [-0.4, -0.2) is 30.2 Å². The van der Waals surface area contributed by atoms with Gasteiger partial charge in [0.15, 0.2) is 0 Å². The van der Waals surface area contributed by atoms with Crippen molar-refractivity contribution >= 4 is 40.6 Å². The van der Waals surface area contributed by atoms with Gasteiger partial charge >= 0.3 is 0 Å². The largest absolute Gasteiger partial charge is 0.374 e. The van der Waals surface area contributed by atoms with Crippen LogP contribution in [0, 0.1) is 0 Å². The number of para-hydroxylation sites is 3. The van der Waals surface area contributed by atoms with Crippen molar-refractivity contribution in [3.63, 3.8) is 0 Å². The lowest BCUT2D eigenvalue weighted by Crippen LogP contribution is -2.36. The first-order valence-electron chi connectivity index (χ1n) is 10.4. The van der Waals surface area contributed by atoms with Gasteiger partial charge in [-0.2, -0.15) is 0 Å². The maximum Gasteiger partial charge on any atom is 0.255 e. The second-order valence-electron chi connectivity index (χ2n) is 7.45. The van der Waals surface area contributed by atoms with E-state index < -0.39 is 0 Å². The molecule has 1 heterocycles. The second kappa shape index (κ2) is 9.71. The highest BCUT2D eigenvalue weighted by molar-refractivity contribution is 8.00. The minimum atomic E-state index is -0.186. The molecule has 2 N–H and O–H groups in total. The third-order valence-corrected chi connectivity index (χ3v) is 6.42. The van der Waals surface area contributed by atoms with Crippen LogP contribution in [0.1, 0.15) is 23.7 Å². The zero-order valence-electron chi connectivity index (χ0n) is 17.4. The Balaban J connectivity index is 1.46. The van der Waals surface area contributed by atoms with Crippen LogP contribution in [0.25, 0.3) is 0 Å². The van der Waals surface area contributed by atoms with Crippen LogP contribution in [0.3, 0.4) is 0 Å². The van der Waals surface area contributed by atoms with Gasteiger partial charge < -0.3 is 15.5 Å². The third-order valence-electron chi connectivity index (χ3n) is 5.19. The highest BCUT2D eigenvalue weighted by Crippen LogP contribution is 2.37. The smallest absolute Gasteiger partial charge is 0.255 e. The van der Waals surface area contributed by atoms with E-state index >= 15 is 0 Å². The first-order valence-corrected chi connectivity index (χ1v) is 11.2. The zero-order valence-corrected chi connectivity index (χ0v) is 18.2. The predicted octanol–water partition coefficient (Wildman–Crippen LogP) is 5.27. The minimum Gasteiger partial charge on any atom is -0.374 e. The fraction of sp³-hybridized carbons (Fsp3) is 0.200. The first-order chi connectivity index (χ1) is 15.1. The van der Waals surface area contributed by atoms with Crippen LogP contribution in [0.4, 0.5) is 17.1 Å². The average Bonchev–Trinajstić information content (AvgIpc) is 2.97. The van der Waals surface area contributed by atoms with Crippen LogP contribution in [-0.2, 0) is 4.79 Å². The first kappa shape index (κ1) is 21.0. The number of hydrogen-bond acceptors (Lipinski definition) is 4. The average molecular weight is 432 g/mol. The fourth-order valence-corrected chi connectivity index (χ4v) is 4.66. The van der Waals surface area contributed by atoms with Crippen molar-refractivity contribution in [2.45, 2.75) is 23.5 Å². The summed E-state index contributed by atoms with van der Waals surface area (Å²) in [5, 5.41) is 6.61. The fourth-order valence-electron chi connectivity index (χ4n) is 3.54. The lowest BCUT2D eigenvalue weighted by atomic mass is 10.2. The maximum atomic E-state index is 13.1. The topological polar surface area (TPSA) is 61.4 Å². The molecule has 1 aliphatic heterocycles. The number of amides is 2. The molecular formula is C25H25N3O2S. The molecule has 1 atom stereocenters.